The SMILES string of the molecule is CC[C@@H]1CCCCN1C(=O)CCn1cnc2c(C)cccc2c1=O. The van der Waals surface area contributed by atoms with Gasteiger partial charge < -0.3 is 4.90 Å². The number of aromatic nitrogens is 2. The number of hydrogen-bond donors (Lipinski definition) is 0. The normalized spacial score (nSPS) is 18.1. The molecule has 2 aromatic rings. The number of carbonyl (C=O) groups excluding carboxylic acids is 1. The van der Waals surface area contributed by atoms with E-state index in [4.69, 9.17) is 0 Å². The van der Waals surface area contributed by atoms with Crippen LogP contribution in [0.25, 0.3) is 10.9 Å². The maximum Gasteiger partial charge on any atom is 0.261 e. The summed E-state index contributed by atoms with van der Waals surface area (Å²) < 4.78 is 1.56. The number of nitrogens with zero attached hydrogens (tertiary/aromatic N) is 3. The molecule has 1 atom stereocenters. The Labute approximate surface area is 142 Å². The Balaban J connectivity index is 1.75. The first-order valence-electron chi connectivity index (χ1n) is 8.86. The average Bonchev–Trinajstić information content (AvgIpc) is 2.61. The van der Waals surface area contributed by atoms with Crippen molar-refractivity contribution in [3.8, 4) is 0 Å². The molecule has 1 amide bonds. The Hall–Kier alpha value is -2.17. The van der Waals surface area contributed by atoms with Crippen molar-refractivity contribution in [2.45, 2.75) is 58.5 Å². The van der Waals surface area contributed by atoms with Crippen LogP contribution in [0, 0.1) is 6.92 Å². The second-order valence-electron chi connectivity index (χ2n) is 6.61. The van der Waals surface area contributed by atoms with Gasteiger partial charge in [0, 0.05) is 25.6 Å². The zero-order chi connectivity index (χ0) is 17.1. The molecular formula is C19H25N3O2. The summed E-state index contributed by atoms with van der Waals surface area (Å²) in [6, 6.07) is 5.98. The van der Waals surface area contributed by atoms with Crippen LogP contribution in [0.3, 0.4) is 0 Å². The summed E-state index contributed by atoms with van der Waals surface area (Å²) in [4.78, 5) is 31.6. The minimum Gasteiger partial charge on any atom is -0.340 e. The first kappa shape index (κ1) is 16.7. The number of rotatable bonds is 4. The first-order chi connectivity index (χ1) is 11.6. The minimum atomic E-state index is -0.0674. The summed E-state index contributed by atoms with van der Waals surface area (Å²) in [6.07, 6.45) is 6.31. The fourth-order valence-electron chi connectivity index (χ4n) is 3.61. The maximum absolute atomic E-state index is 12.6. The summed E-state index contributed by atoms with van der Waals surface area (Å²) in [5, 5.41) is 0.620. The van der Waals surface area contributed by atoms with E-state index in [9.17, 15) is 9.59 Å². The number of likely N-dealkylation sites (tertiary alicyclic amines) is 1. The van der Waals surface area contributed by atoms with Crippen molar-refractivity contribution in [3.63, 3.8) is 0 Å². The molecule has 1 saturated heterocycles. The lowest BCUT2D eigenvalue weighted by atomic mass is 9.99. The molecule has 128 valence electrons. The van der Waals surface area contributed by atoms with Crippen LogP contribution in [0.2, 0.25) is 0 Å². The monoisotopic (exact) mass is 327 g/mol. The lowest BCUT2D eigenvalue weighted by Crippen LogP contribution is -2.43. The molecule has 5 heteroatoms. The molecule has 3 rings (SSSR count). The van der Waals surface area contributed by atoms with Crippen molar-refractivity contribution in [1.82, 2.24) is 14.5 Å². The molecular weight excluding hydrogens is 302 g/mol. The van der Waals surface area contributed by atoms with E-state index in [1.54, 1.807) is 17.0 Å². The molecule has 0 saturated carbocycles. The van der Waals surface area contributed by atoms with Crippen LogP contribution in [0.15, 0.2) is 29.3 Å². The van der Waals surface area contributed by atoms with Gasteiger partial charge in [0.1, 0.15) is 0 Å². The number of amides is 1. The molecule has 0 N–H and O–H groups in total. The van der Waals surface area contributed by atoms with E-state index >= 15 is 0 Å². The van der Waals surface area contributed by atoms with Crippen molar-refractivity contribution in [2.75, 3.05) is 6.54 Å². The minimum absolute atomic E-state index is 0.0674. The van der Waals surface area contributed by atoms with Crippen LogP contribution < -0.4 is 5.56 Å². The third-order valence-corrected chi connectivity index (χ3v) is 5.04. The molecule has 0 bridgehead atoms. The standard InChI is InChI=1S/C19H25N3O2/c1-3-15-8-4-5-11-22(15)17(23)10-12-21-13-20-18-14(2)7-6-9-16(18)19(21)24/h6-7,9,13,15H,3-5,8,10-12H2,1-2H3/t15-/m1/s1. The van der Waals surface area contributed by atoms with Crippen LogP contribution >= 0.6 is 0 Å². The van der Waals surface area contributed by atoms with Crippen molar-refractivity contribution in [2.24, 2.45) is 0 Å². The zero-order valence-electron chi connectivity index (χ0n) is 14.5. The van der Waals surface area contributed by atoms with Gasteiger partial charge in [-0.1, -0.05) is 19.1 Å². The molecule has 1 aliphatic rings. The van der Waals surface area contributed by atoms with Gasteiger partial charge >= 0.3 is 0 Å². The number of piperidine rings is 1. The highest BCUT2D eigenvalue weighted by atomic mass is 16.2. The number of benzene rings is 1. The summed E-state index contributed by atoms with van der Waals surface area (Å²) in [6.45, 7) is 5.32. The van der Waals surface area contributed by atoms with E-state index in [1.807, 2.05) is 24.0 Å². The number of fused-ring (bicyclic) bond motifs is 1. The molecule has 0 radical (unpaired) electrons. The zero-order valence-corrected chi connectivity index (χ0v) is 14.5. The van der Waals surface area contributed by atoms with Crippen LogP contribution in [0.5, 0.6) is 0 Å². The van der Waals surface area contributed by atoms with Gasteiger partial charge in [-0.3, -0.25) is 14.2 Å². The smallest absolute Gasteiger partial charge is 0.261 e. The lowest BCUT2D eigenvalue weighted by molar-refractivity contribution is -0.135. The van der Waals surface area contributed by atoms with Crippen molar-refractivity contribution >= 4 is 16.8 Å². The molecule has 0 spiro atoms. The Bertz CT molecular complexity index is 797. The maximum atomic E-state index is 12.6. The van der Waals surface area contributed by atoms with Gasteiger partial charge in [0.2, 0.25) is 5.91 Å². The van der Waals surface area contributed by atoms with Gasteiger partial charge in [-0.15, -0.1) is 0 Å². The Morgan fingerprint density at radius 3 is 2.96 bits per heavy atom. The second-order valence-corrected chi connectivity index (χ2v) is 6.61. The molecule has 5 nitrogen and oxygen atoms in total. The van der Waals surface area contributed by atoms with Crippen LogP contribution in [-0.4, -0.2) is 32.9 Å². The van der Waals surface area contributed by atoms with E-state index < -0.39 is 0 Å². The molecule has 0 aliphatic carbocycles. The van der Waals surface area contributed by atoms with Crippen LogP contribution in [0.4, 0.5) is 0 Å². The molecule has 24 heavy (non-hydrogen) atoms. The van der Waals surface area contributed by atoms with Crippen molar-refractivity contribution in [1.29, 1.82) is 0 Å². The molecule has 1 fully saturated rings. The van der Waals surface area contributed by atoms with Gasteiger partial charge in [0.15, 0.2) is 0 Å². The van der Waals surface area contributed by atoms with Gasteiger partial charge in [0.25, 0.3) is 5.56 Å². The van der Waals surface area contributed by atoms with Gasteiger partial charge in [-0.25, -0.2) is 4.98 Å². The van der Waals surface area contributed by atoms with E-state index in [0.29, 0.717) is 24.4 Å². The molecule has 0 unspecified atom stereocenters. The van der Waals surface area contributed by atoms with Gasteiger partial charge in [-0.2, -0.15) is 0 Å². The number of carbonyl (C=O) groups is 1. The third-order valence-electron chi connectivity index (χ3n) is 5.04. The topological polar surface area (TPSA) is 55.2 Å². The Morgan fingerprint density at radius 2 is 2.17 bits per heavy atom. The van der Waals surface area contributed by atoms with Crippen molar-refractivity contribution < 1.29 is 4.79 Å². The molecule has 1 aliphatic heterocycles. The largest absolute Gasteiger partial charge is 0.340 e. The van der Waals surface area contributed by atoms with Crippen molar-refractivity contribution in [3.05, 3.63) is 40.4 Å². The number of para-hydroxylation sites is 1. The fourth-order valence-corrected chi connectivity index (χ4v) is 3.61. The predicted octanol–water partition coefficient (Wildman–Crippen LogP) is 2.89. The quantitative estimate of drug-likeness (QED) is 0.867. The molecule has 2 heterocycles. The third kappa shape index (κ3) is 3.21. The van der Waals surface area contributed by atoms with Gasteiger partial charge in [0.05, 0.1) is 17.2 Å². The van der Waals surface area contributed by atoms with Crippen LogP contribution in [-0.2, 0) is 11.3 Å². The average molecular weight is 327 g/mol. The highest BCUT2D eigenvalue weighted by molar-refractivity contribution is 5.80. The molecule has 1 aromatic carbocycles. The molecule has 1 aromatic heterocycles. The highest BCUT2D eigenvalue weighted by Crippen LogP contribution is 2.20. The fraction of sp³-hybridized carbons (Fsp3) is 0.526. The summed E-state index contributed by atoms with van der Waals surface area (Å²) in [7, 11) is 0. The highest BCUT2D eigenvalue weighted by Gasteiger charge is 2.24. The summed E-state index contributed by atoms with van der Waals surface area (Å²) in [5.41, 5.74) is 1.67. The van der Waals surface area contributed by atoms with E-state index in [0.717, 1.165) is 36.9 Å². The Morgan fingerprint density at radius 1 is 1.33 bits per heavy atom. The second kappa shape index (κ2) is 7.16. The summed E-state index contributed by atoms with van der Waals surface area (Å²) >= 11 is 0. The number of aryl methyl sites for hydroxylation is 2. The van der Waals surface area contributed by atoms with Crippen LogP contribution in [0.1, 0.15) is 44.6 Å². The van der Waals surface area contributed by atoms with E-state index in [-0.39, 0.29) is 11.5 Å². The Kier molecular flexibility index (Phi) is 4.97. The van der Waals surface area contributed by atoms with E-state index in [1.165, 1.54) is 6.42 Å². The number of hydrogen-bond acceptors (Lipinski definition) is 3. The predicted molar refractivity (Wildman–Crippen MR) is 95.0 cm³/mol. The van der Waals surface area contributed by atoms with E-state index in [2.05, 4.69) is 11.9 Å². The summed E-state index contributed by atoms with van der Waals surface area (Å²) in [5.74, 6) is 0.151. The van der Waals surface area contributed by atoms with Gasteiger partial charge in [-0.05, 0) is 44.2 Å². The first-order valence-corrected chi connectivity index (χ1v) is 8.86. The lowest BCUT2D eigenvalue weighted by Gasteiger charge is -2.35.